The summed E-state index contributed by atoms with van der Waals surface area (Å²) in [5, 5.41) is 5.37. The second-order valence-corrected chi connectivity index (χ2v) is 7.46. The Morgan fingerprint density at radius 2 is 2.13 bits per heavy atom. The first-order chi connectivity index (χ1) is 11.2. The van der Waals surface area contributed by atoms with Gasteiger partial charge in [0.25, 0.3) is 0 Å². The van der Waals surface area contributed by atoms with E-state index in [1.165, 1.54) is 5.01 Å². The van der Waals surface area contributed by atoms with E-state index in [0.717, 1.165) is 49.7 Å². The van der Waals surface area contributed by atoms with Crippen LogP contribution in [0.15, 0.2) is 29.0 Å². The summed E-state index contributed by atoms with van der Waals surface area (Å²) in [4.78, 5) is 22.3. The third kappa shape index (κ3) is 4.50. The van der Waals surface area contributed by atoms with Gasteiger partial charge in [0.15, 0.2) is 0 Å². The van der Waals surface area contributed by atoms with Crippen LogP contribution in [0.5, 0.6) is 0 Å². The molecule has 2 aromatic heterocycles. The predicted octanol–water partition coefficient (Wildman–Crippen LogP) is 3.12. The summed E-state index contributed by atoms with van der Waals surface area (Å²) in [7, 11) is 0. The maximum absolute atomic E-state index is 12.2. The fourth-order valence-electron chi connectivity index (χ4n) is 2.58. The fourth-order valence-corrected chi connectivity index (χ4v) is 3.94. The van der Waals surface area contributed by atoms with Gasteiger partial charge in [-0.05, 0) is 23.9 Å². The summed E-state index contributed by atoms with van der Waals surface area (Å²) < 4.78 is 0. The predicted molar refractivity (Wildman–Crippen MR) is 96.7 cm³/mol. The van der Waals surface area contributed by atoms with Crippen molar-refractivity contribution in [1.82, 2.24) is 14.8 Å². The number of carbonyl (C=O) groups is 1. The van der Waals surface area contributed by atoms with Crippen LogP contribution >= 0.6 is 22.7 Å². The van der Waals surface area contributed by atoms with Crippen LogP contribution in [0.1, 0.15) is 22.5 Å². The van der Waals surface area contributed by atoms with Crippen LogP contribution in [0.2, 0.25) is 0 Å². The number of carbonyl (C=O) groups excluding carboxylic acids is 1. The number of aromatic nitrogens is 1. The minimum atomic E-state index is 0.111. The highest BCUT2D eigenvalue weighted by molar-refractivity contribution is 7.10. The molecule has 0 saturated carbocycles. The zero-order valence-electron chi connectivity index (χ0n) is 13.3. The Balaban J connectivity index is 1.47. The van der Waals surface area contributed by atoms with Gasteiger partial charge < -0.3 is 4.90 Å². The highest BCUT2D eigenvalue weighted by atomic mass is 32.1. The molecule has 3 rings (SSSR count). The van der Waals surface area contributed by atoms with Crippen molar-refractivity contribution in [3.8, 4) is 0 Å². The molecule has 1 saturated heterocycles. The summed E-state index contributed by atoms with van der Waals surface area (Å²) in [6.07, 6.45) is 4.60. The van der Waals surface area contributed by atoms with Gasteiger partial charge in [-0.2, -0.15) is 0 Å². The molecule has 0 atom stereocenters. The summed E-state index contributed by atoms with van der Waals surface area (Å²) in [6.45, 7) is 6.44. The number of piperazine rings is 1. The summed E-state index contributed by atoms with van der Waals surface area (Å²) >= 11 is 3.38. The fraction of sp³-hybridized carbons (Fsp3) is 0.412. The quantitative estimate of drug-likeness (QED) is 0.780. The Kier molecular flexibility index (Phi) is 5.59. The van der Waals surface area contributed by atoms with E-state index in [9.17, 15) is 4.79 Å². The lowest BCUT2D eigenvalue weighted by molar-refractivity contribution is -0.127. The van der Waals surface area contributed by atoms with Gasteiger partial charge in [-0.3, -0.25) is 9.69 Å². The first kappa shape index (κ1) is 16.4. The van der Waals surface area contributed by atoms with Crippen molar-refractivity contribution in [3.05, 3.63) is 44.5 Å². The Morgan fingerprint density at radius 1 is 1.30 bits per heavy atom. The molecule has 0 aromatic carbocycles. The number of nitrogens with zero attached hydrogens (tertiary/aromatic N) is 3. The second-order valence-electron chi connectivity index (χ2n) is 5.54. The standard InChI is InChI=1S/C17H21N3OS2/c1-2-16-18-14(13-23-16)12-19-7-9-20(10-8-19)17(21)6-5-15-4-3-11-22-15/h3-6,11,13H,2,7-10,12H2,1H3/b6-5+. The topological polar surface area (TPSA) is 36.4 Å². The lowest BCUT2D eigenvalue weighted by Crippen LogP contribution is -2.47. The minimum Gasteiger partial charge on any atom is -0.337 e. The molecule has 122 valence electrons. The van der Waals surface area contributed by atoms with Gasteiger partial charge in [-0.1, -0.05) is 13.0 Å². The van der Waals surface area contributed by atoms with Crippen LogP contribution in [0.25, 0.3) is 6.08 Å². The first-order valence-electron chi connectivity index (χ1n) is 7.90. The van der Waals surface area contributed by atoms with Crippen molar-refractivity contribution >= 4 is 34.7 Å². The molecule has 1 aliphatic rings. The number of rotatable bonds is 5. The minimum absolute atomic E-state index is 0.111. The van der Waals surface area contributed by atoms with Crippen LogP contribution in [0.4, 0.5) is 0 Å². The van der Waals surface area contributed by atoms with Gasteiger partial charge in [0, 0.05) is 49.1 Å². The average Bonchev–Trinajstić information content (AvgIpc) is 3.25. The zero-order valence-corrected chi connectivity index (χ0v) is 14.9. The summed E-state index contributed by atoms with van der Waals surface area (Å²) in [5.74, 6) is 0.111. The summed E-state index contributed by atoms with van der Waals surface area (Å²) in [6, 6.07) is 4.01. The van der Waals surface area contributed by atoms with Gasteiger partial charge >= 0.3 is 0 Å². The number of hydrogen-bond acceptors (Lipinski definition) is 5. The number of amides is 1. The SMILES string of the molecule is CCc1nc(CN2CCN(C(=O)/C=C/c3cccs3)CC2)cs1. The van der Waals surface area contributed by atoms with E-state index in [1.807, 2.05) is 28.5 Å². The van der Waals surface area contributed by atoms with E-state index in [-0.39, 0.29) is 5.91 Å². The Labute approximate surface area is 145 Å². The zero-order chi connectivity index (χ0) is 16.1. The Hall–Kier alpha value is -1.50. The number of hydrogen-bond donors (Lipinski definition) is 0. The molecular formula is C17H21N3OS2. The molecule has 4 nitrogen and oxygen atoms in total. The molecule has 0 bridgehead atoms. The molecule has 2 aromatic rings. The van der Waals surface area contributed by atoms with Gasteiger partial charge in [0.2, 0.25) is 5.91 Å². The molecule has 3 heterocycles. The number of thiophene rings is 1. The van der Waals surface area contributed by atoms with E-state index in [2.05, 4.69) is 22.2 Å². The van der Waals surface area contributed by atoms with Crippen LogP contribution in [-0.4, -0.2) is 46.9 Å². The third-order valence-corrected chi connectivity index (χ3v) is 5.78. The lowest BCUT2D eigenvalue weighted by Gasteiger charge is -2.33. The van der Waals surface area contributed by atoms with Crippen molar-refractivity contribution in [3.63, 3.8) is 0 Å². The first-order valence-corrected chi connectivity index (χ1v) is 9.66. The smallest absolute Gasteiger partial charge is 0.246 e. The molecule has 23 heavy (non-hydrogen) atoms. The maximum Gasteiger partial charge on any atom is 0.246 e. The molecule has 0 aliphatic carbocycles. The molecule has 1 fully saturated rings. The summed E-state index contributed by atoms with van der Waals surface area (Å²) in [5.41, 5.74) is 1.16. The van der Waals surface area contributed by atoms with Gasteiger partial charge in [0.1, 0.15) is 0 Å². The molecule has 1 amide bonds. The van der Waals surface area contributed by atoms with Crippen LogP contribution < -0.4 is 0 Å². The van der Waals surface area contributed by atoms with Crippen molar-refractivity contribution < 1.29 is 4.79 Å². The molecule has 0 spiro atoms. The van der Waals surface area contributed by atoms with Crippen LogP contribution in [0.3, 0.4) is 0 Å². The van der Waals surface area contributed by atoms with Crippen molar-refractivity contribution in [1.29, 1.82) is 0 Å². The van der Waals surface area contributed by atoms with Gasteiger partial charge in [0.05, 0.1) is 10.7 Å². The van der Waals surface area contributed by atoms with Crippen molar-refractivity contribution in [2.75, 3.05) is 26.2 Å². The number of thiazole rings is 1. The third-order valence-electron chi connectivity index (χ3n) is 3.90. The van der Waals surface area contributed by atoms with E-state index < -0.39 is 0 Å². The molecule has 1 aliphatic heterocycles. The molecule has 6 heteroatoms. The monoisotopic (exact) mass is 347 g/mol. The van der Waals surface area contributed by atoms with Crippen LogP contribution in [-0.2, 0) is 17.8 Å². The molecule has 0 N–H and O–H groups in total. The van der Waals surface area contributed by atoms with E-state index in [1.54, 1.807) is 28.7 Å². The second kappa shape index (κ2) is 7.86. The van der Waals surface area contributed by atoms with Crippen LogP contribution in [0, 0.1) is 0 Å². The maximum atomic E-state index is 12.2. The number of aryl methyl sites for hydroxylation is 1. The molecule has 0 unspecified atom stereocenters. The molecule has 0 radical (unpaired) electrons. The highest BCUT2D eigenvalue weighted by Crippen LogP contribution is 2.14. The van der Waals surface area contributed by atoms with E-state index in [4.69, 9.17) is 0 Å². The van der Waals surface area contributed by atoms with Crippen molar-refractivity contribution in [2.45, 2.75) is 19.9 Å². The van der Waals surface area contributed by atoms with Gasteiger partial charge in [-0.25, -0.2) is 4.98 Å². The van der Waals surface area contributed by atoms with E-state index in [0.29, 0.717) is 0 Å². The largest absolute Gasteiger partial charge is 0.337 e. The molecular weight excluding hydrogens is 326 g/mol. The normalized spacial score (nSPS) is 16.3. The Bertz CT molecular complexity index is 655. The Morgan fingerprint density at radius 3 is 2.78 bits per heavy atom. The van der Waals surface area contributed by atoms with E-state index >= 15 is 0 Å². The average molecular weight is 348 g/mol. The lowest BCUT2D eigenvalue weighted by atomic mass is 10.2. The van der Waals surface area contributed by atoms with Crippen molar-refractivity contribution in [2.24, 2.45) is 0 Å². The highest BCUT2D eigenvalue weighted by Gasteiger charge is 2.20. The van der Waals surface area contributed by atoms with Gasteiger partial charge in [-0.15, -0.1) is 22.7 Å².